The van der Waals surface area contributed by atoms with Gasteiger partial charge in [-0.1, -0.05) is 0 Å². The van der Waals surface area contributed by atoms with E-state index in [2.05, 4.69) is 4.98 Å². The predicted octanol–water partition coefficient (Wildman–Crippen LogP) is 1.68. The van der Waals surface area contributed by atoms with Crippen LogP contribution in [-0.4, -0.2) is 68.0 Å². The summed E-state index contributed by atoms with van der Waals surface area (Å²) in [5, 5.41) is 0. The first-order chi connectivity index (χ1) is 12.3. The molecule has 3 rings (SSSR count). The third-order valence-electron chi connectivity index (χ3n) is 5.15. The van der Waals surface area contributed by atoms with Crippen LogP contribution in [-0.2, 0) is 25.4 Å². The zero-order valence-electron chi connectivity index (χ0n) is 14.9. The Kier molecular flexibility index (Phi) is 6.78. The summed E-state index contributed by atoms with van der Waals surface area (Å²) in [5.41, 5.74) is 1.19. The third kappa shape index (κ3) is 4.77. The summed E-state index contributed by atoms with van der Waals surface area (Å²) in [6.45, 7) is 3.28. The first kappa shape index (κ1) is 18.3. The lowest BCUT2D eigenvalue weighted by Gasteiger charge is -2.32. The third-order valence-corrected chi connectivity index (χ3v) is 5.15. The summed E-state index contributed by atoms with van der Waals surface area (Å²) in [6.07, 6.45) is 7.00. The second-order valence-corrected chi connectivity index (χ2v) is 6.74. The molecule has 2 aliphatic heterocycles. The van der Waals surface area contributed by atoms with Crippen molar-refractivity contribution in [1.29, 1.82) is 0 Å². The SMILES string of the molecule is COCCO[C@H]1CCN(C(=O)C2CCOCC2)[C@H]1Cc1ccncc1. The fourth-order valence-corrected chi connectivity index (χ4v) is 3.76. The van der Waals surface area contributed by atoms with E-state index in [0.717, 1.165) is 32.2 Å². The molecule has 0 aromatic carbocycles. The number of carbonyl (C=O) groups excluding carboxylic acids is 1. The van der Waals surface area contributed by atoms with Crippen LogP contribution < -0.4 is 0 Å². The molecule has 3 heterocycles. The molecule has 6 nitrogen and oxygen atoms in total. The van der Waals surface area contributed by atoms with Gasteiger partial charge in [0.05, 0.1) is 25.4 Å². The van der Waals surface area contributed by atoms with Crippen molar-refractivity contribution in [3.63, 3.8) is 0 Å². The van der Waals surface area contributed by atoms with Crippen LogP contribution in [0.15, 0.2) is 24.5 Å². The number of rotatable bonds is 7. The summed E-state index contributed by atoms with van der Waals surface area (Å²) in [7, 11) is 1.67. The molecular weight excluding hydrogens is 320 g/mol. The highest BCUT2D eigenvalue weighted by Crippen LogP contribution is 2.28. The van der Waals surface area contributed by atoms with Crippen LogP contribution in [0.5, 0.6) is 0 Å². The van der Waals surface area contributed by atoms with Gasteiger partial charge in [-0.3, -0.25) is 9.78 Å². The summed E-state index contributed by atoms with van der Waals surface area (Å²) >= 11 is 0. The smallest absolute Gasteiger partial charge is 0.226 e. The zero-order chi connectivity index (χ0) is 17.5. The second-order valence-electron chi connectivity index (χ2n) is 6.74. The first-order valence-corrected chi connectivity index (χ1v) is 9.17. The Morgan fingerprint density at radius 1 is 1.24 bits per heavy atom. The largest absolute Gasteiger partial charge is 0.382 e. The standard InChI is InChI=1S/C19H28N2O4/c1-23-12-13-25-18-4-9-21(19(22)16-5-10-24-11-6-16)17(18)14-15-2-7-20-8-3-15/h2-3,7-8,16-18H,4-6,9-14H2,1H3/t17-,18-/m0/s1. The maximum atomic E-state index is 13.1. The van der Waals surface area contributed by atoms with Crippen molar-refractivity contribution < 1.29 is 19.0 Å². The van der Waals surface area contributed by atoms with Gasteiger partial charge in [-0.25, -0.2) is 0 Å². The molecule has 2 fully saturated rings. The van der Waals surface area contributed by atoms with E-state index in [-0.39, 0.29) is 24.0 Å². The Morgan fingerprint density at radius 3 is 2.72 bits per heavy atom. The predicted molar refractivity (Wildman–Crippen MR) is 93.2 cm³/mol. The molecule has 6 heteroatoms. The van der Waals surface area contributed by atoms with Gasteiger partial charge in [0.2, 0.25) is 5.91 Å². The van der Waals surface area contributed by atoms with Crippen LogP contribution in [0.2, 0.25) is 0 Å². The van der Waals surface area contributed by atoms with Gasteiger partial charge in [0.15, 0.2) is 0 Å². The lowest BCUT2D eigenvalue weighted by atomic mass is 9.97. The van der Waals surface area contributed by atoms with Gasteiger partial charge >= 0.3 is 0 Å². The molecule has 1 aromatic rings. The number of nitrogens with zero attached hydrogens (tertiary/aromatic N) is 2. The van der Waals surface area contributed by atoms with E-state index in [0.29, 0.717) is 26.4 Å². The van der Waals surface area contributed by atoms with Gasteiger partial charge in [0.1, 0.15) is 0 Å². The first-order valence-electron chi connectivity index (χ1n) is 9.17. The monoisotopic (exact) mass is 348 g/mol. The molecule has 0 spiro atoms. The summed E-state index contributed by atoms with van der Waals surface area (Å²) in [5.74, 6) is 0.353. The highest BCUT2D eigenvalue weighted by molar-refractivity contribution is 5.79. The molecule has 0 bridgehead atoms. The second kappa shape index (κ2) is 9.27. The van der Waals surface area contributed by atoms with Crippen molar-refractivity contribution in [3.05, 3.63) is 30.1 Å². The van der Waals surface area contributed by atoms with Gasteiger partial charge in [0.25, 0.3) is 0 Å². The van der Waals surface area contributed by atoms with Gasteiger partial charge in [-0.15, -0.1) is 0 Å². The van der Waals surface area contributed by atoms with Crippen LogP contribution in [0.3, 0.4) is 0 Å². The van der Waals surface area contributed by atoms with Crippen LogP contribution >= 0.6 is 0 Å². The van der Waals surface area contributed by atoms with Gasteiger partial charge in [0, 0.05) is 45.2 Å². The molecule has 1 amide bonds. The minimum absolute atomic E-state index is 0.0621. The molecule has 0 N–H and O–H groups in total. The van der Waals surface area contributed by atoms with Crippen molar-refractivity contribution in [3.8, 4) is 0 Å². The number of ether oxygens (including phenoxy) is 3. The lowest BCUT2D eigenvalue weighted by molar-refractivity contribution is -0.140. The molecule has 0 saturated carbocycles. The Bertz CT molecular complexity index is 533. The van der Waals surface area contributed by atoms with E-state index < -0.39 is 0 Å². The van der Waals surface area contributed by atoms with Crippen molar-refractivity contribution in [1.82, 2.24) is 9.88 Å². The highest BCUT2D eigenvalue weighted by Gasteiger charge is 2.40. The summed E-state index contributed by atoms with van der Waals surface area (Å²) in [4.78, 5) is 19.2. The van der Waals surface area contributed by atoms with Crippen LogP contribution in [0.25, 0.3) is 0 Å². The number of pyridine rings is 1. The van der Waals surface area contributed by atoms with Gasteiger partial charge in [-0.2, -0.15) is 0 Å². The number of hydrogen-bond acceptors (Lipinski definition) is 5. The summed E-state index contributed by atoms with van der Waals surface area (Å²) in [6, 6.07) is 4.11. The number of likely N-dealkylation sites (tertiary alicyclic amines) is 1. The van der Waals surface area contributed by atoms with Crippen molar-refractivity contribution >= 4 is 5.91 Å². The number of carbonyl (C=O) groups is 1. The Hall–Kier alpha value is -1.50. The minimum Gasteiger partial charge on any atom is -0.382 e. The van der Waals surface area contributed by atoms with E-state index in [1.165, 1.54) is 5.56 Å². The normalized spacial score (nSPS) is 24.6. The van der Waals surface area contributed by atoms with Crippen LogP contribution in [0, 0.1) is 5.92 Å². The van der Waals surface area contributed by atoms with E-state index in [1.807, 2.05) is 17.0 Å². The van der Waals surface area contributed by atoms with Crippen molar-refractivity contribution in [2.75, 3.05) is 40.1 Å². The molecule has 2 saturated heterocycles. The Labute approximate surface area is 149 Å². The molecule has 2 aliphatic rings. The Balaban J connectivity index is 1.69. The fraction of sp³-hybridized carbons (Fsp3) is 0.684. The molecular formula is C19H28N2O4. The molecule has 0 radical (unpaired) electrons. The van der Waals surface area contributed by atoms with E-state index >= 15 is 0 Å². The quantitative estimate of drug-likeness (QED) is 0.702. The number of methoxy groups -OCH3 is 1. The fourth-order valence-electron chi connectivity index (χ4n) is 3.76. The van der Waals surface area contributed by atoms with Crippen LogP contribution in [0.4, 0.5) is 0 Å². The van der Waals surface area contributed by atoms with Gasteiger partial charge in [-0.05, 0) is 43.4 Å². The molecule has 138 valence electrons. The number of aromatic nitrogens is 1. The van der Waals surface area contributed by atoms with E-state index in [1.54, 1.807) is 19.5 Å². The van der Waals surface area contributed by atoms with Crippen molar-refractivity contribution in [2.45, 2.75) is 37.8 Å². The molecule has 0 aliphatic carbocycles. The van der Waals surface area contributed by atoms with Crippen LogP contribution in [0.1, 0.15) is 24.8 Å². The summed E-state index contributed by atoms with van der Waals surface area (Å²) < 4.78 is 16.5. The van der Waals surface area contributed by atoms with Gasteiger partial charge < -0.3 is 19.1 Å². The maximum absolute atomic E-state index is 13.1. The lowest BCUT2D eigenvalue weighted by Crippen LogP contribution is -2.45. The molecule has 1 aromatic heterocycles. The molecule has 2 atom stereocenters. The van der Waals surface area contributed by atoms with E-state index in [9.17, 15) is 4.79 Å². The average Bonchev–Trinajstić information content (AvgIpc) is 3.05. The Morgan fingerprint density at radius 2 is 2.00 bits per heavy atom. The van der Waals surface area contributed by atoms with E-state index in [4.69, 9.17) is 14.2 Å². The molecule has 25 heavy (non-hydrogen) atoms. The molecule has 0 unspecified atom stereocenters. The number of hydrogen-bond donors (Lipinski definition) is 0. The minimum atomic E-state index is 0.0621. The highest BCUT2D eigenvalue weighted by atomic mass is 16.5. The van der Waals surface area contributed by atoms with Crippen molar-refractivity contribution in [2.24, 2.45) is 5.92 Å². The number of amides is 1. The topological polar surface area (TPSA) is 60.9 Å². The average molecular weight is 348 g/mol. The maximum Gasteiger partial charge on any atom is 0.226 e. The zero-order valence-corrected chi connectivity index (χ0v) is 14.9.